The molecular weight excluding hydrogens is 296 g/mol. The Labute approximate surface area is 142 Å². The highest BCUT2D eigenvalue weighted by Crippen LogP contribution is 2.32. The van der Waals surface area contributed by atoms with E-state index in [1.54, 1.807) is 0 Å². The monoisotopic (exact) mass is 318 g/mol. The molecule has 1 aromatic heterocycles. The van der Waals surface area contributed by atoms with Gasteiger partial charge in [-0.05, 0) is 36.9 Å². The minimum Gasteiger partial charge on any atom is -0.378 e. The number of aryl methyl sites for hydroxylation is 2. The molecule has 2 aromatic carbocycles. The van der Waals surface area contributed by atoms with E-state index in [2.05, 4.69) is 67.3 Å². The van der Waals surface area contributed by atoms with E-state index >= 15 is 0 Å². The zero-order valence-electron chi connectivity index (χ0n) is 14.2. The number of morpholine rings is 1. The van der Waals surface area contributed by atoms with Crippen LogP contribution in [0.5, 0.6) is 0 Å². The first-order valence-corrected chi connectivity index (χ1v) is 8.52. The number of anilines is 1. The van der Waals surface area contributed by atoms with Gasteiger partial charge in [0.05, 0.1) is 18.9 Å². The highest BCUT2D eigenvalue weighted by molar-refractivity contribution is 5.97. The SMILES string of the molecule is Cc1ccc(C)c(-c2nc(N3CCOCC3)cc3ccccc23)c1. The number of hydrogen-bond acceptors (Lipinski definition) is 3. The molecule has 2 heterocycles. The largest absolute Gasteiger partial charge is 0.378 e. The number of benzene rings is 2. The molecular formula is C21H22N2O. The molecule has 0 atom stereocenters. The fourth-order valence-electron chi connectivity index (χ4n) is 3.34. The van der Waals surface area contributed by atoms with Gasteiger partial charge in [0.2, 0.25) is 0 Å². The molecule has 3 nitrogen and oxygen atoms in total. The molecule has 24 heavy (non-hydrogen) atoms. The van der Waals surface area contributed by atoms with Crippen LogP contribution in [0.15, 0.2) is 48.5 Å². The standard InChI is InChI=1S/C21H22N2O/c1-15-7-8-16(2)19(13-15)21-18-6-4-3-5-17(18)14-20(22-21)23-9-11-24-12-10-23/h3-8,13-14H,9-12H2,1-2H3. The van der Waals surface area contributed by atoms with E-state index in [1.807, 2.05) is 0 Å². The zero-order chi connectivity index (χ0) is 16.5. The molecule has 122 valence electrons. The second-order valence-electron chi connectivity index (χ2n) is 6.47. The van der Waals surface area contributed by atoms with E-state index in [9.17, 15) is 0 Å². The lowest BCUT2D eigenvalue weighted by Gasteiger charge is -2.28. The van der Waals surface area contributed by atoms with Crippen LogP contribution in [0, 0.1) is 13.8 Å². The van der Waals surface area contributed by atoms with Crippen LogP contribution in [-0.2, 0) is 4.74 Å². The van der Waals surface area contributed by atoms with Crippen molar-refractivity contribution in [3.8, 4) is 11.3 Å². The summed E-state index contributed by atoms with van der Waals surface area (Å²) >= 11 is 0. The van der Waals surface area contributed by atoms with Crippen molar-refractivity contribution in [1.29, 1.82) is 0 Å². The fraction of sp³-hybridized carbons (Fsp3) is 0.286. The zero-order valence-corrected chi connectivity index (χ0v) is 14.2. The Kier molecular flexibility index (Phi) is 3.95. The van der Waals surface area contributed by atoms with Gasteiger partial charge in [0.25, 0.3) is 0 Å². The summed E-state index contributed by atoms with van der Waals surface area (Å²) in [6.07, 6.45) is 0. The summed E-state index contributed by atoms with van der Waals surface area (Å²) < 4.78 is 5.49. The first-order chi connectivity index (χ1) is 11.7. The highest BCUT2D eigenvalue weighted by atomic mass is 16.5. The van der Waals surface area contributed by atoms with Gasteiger partial charge in [0.1, 0.15) is 5.82 Å². The van der Waals surface area contributed by atoms with Crippen molar-refractivity contribution in [2.24, 2.45) is 0 Å². The van der Waals surface area contributed by atoms with Crippen molar-refractivity contribution < 1.29 is 4.74 Å². The van der Waals surface area contributed by atoms with Crippen LogP contribution >= 0.6 is 0 Å². The number of aromatic nitrogens is 1. The molecule has 0 spiro atoms. The molecule has 3 aromatic rings. The summed E-state index contributed by atoms with van der Waals surface area (Å²) in [5, 5.41) is 2.45. The maximum absolute atomic E-state index is 5.49. The van der Waals surface area contributed by atoms with Crippen molar-refractivity contribution in [3.05, 3.63) is 59.7 Å². The predicted molar refractivity (Wildman–Crippen MR) is 99.7 cm³/mol. The van der Waals surface area contributed by atoms with Crippen LogP contribution in [0.4, 0.5) is 5.82 Å². The van der Waals surface area contributed by atoms with Gasteiger partial charge in [0, 0.05) is 24.0 Å². The van der Waals surface area contributed by atoms with Crippen molar-refractivity contribution in [2.45, 2.75) is 13.8 Å². The minimum atomic E-state index is 0.771. The maximum atomic E-state index is 5.49. The summed E-state index contributed by atoms with van der Waals surface area (Å²) in [4.78, 5) is 7.39. The summed E-state index contributed by atoms with van der Waals surface area (Å²) in [5.74, 6) is 1.05. The smallest absolute Gasteiger partial charge is 0.130 e. The van der Waals surface area contributed by atoms with Crippen LogP contribution in [-0.4, -0.2) is 31.3 Å². The molecule has 4 rings (SSSR count). The summed E-state index contributed by atoms with van der Waals surface area (Å²) in [5.41, 5.74) is 4.83. The van der Waals surface area contributed by atoms with Gasteiger partial charge in [-0.3, -0.25) is 0 Å². The van der Waals surface area contributed by atoms with Crippen molar-refractivity contribution in [2.75, 3.05) is 31.2 Å². The molecule has 0 N–H and O–H groups in total. The topological polar surface area (TPSA) is 25.4 Å². The quantitative estimate of drug-likeness (QED) is 0.702. The molecule has 1 aliphatic heterocycles. The summed E-state index contributed by atoms with van der Waals surface area (Å²) in [6, 6.07) is 17.3. The Bertz CT molecular complexity index is 882. The average Bonchev–Trinajstić information content (AvgIpc) is 2.63. The fourth-order valence-corrected chi connectivity index (χ4v) is 3.34. The van der Waals surface area contributed by atoms with Crippen LogP contribution < -0.4 is 4.90 Å². The van der Waals surface area contributed by atoms with Crippen molar-refractivity contribution in [1.82, 2.24) is 4.98 Å². The maximum Gasteiger partial charge on any atom is 0.130 e. The van der Waals surface area contributed by atoms with E-state index in [-0.39, 0.29) is 0 Å². The molecule has 0 bridgehead atoms. The molecule has 0 aliphatic carbocycles. The number of ether oxygens (including phenoxy) is 1. The van der Waals surface area contributed by atoms with E-state index in [0.717, 1.165) is 37.8 Å². The van der Waals surface area contributed by atoms with Gasteiger partial charge in [-0.2, -0.15) is 0 Å². The molecule has 0 unspecified atom stereocenters. The minimum absolute atomic E-state index is 0.771. The first kappa shape index (κ1) is 15.2. The van der Waals surface area contributed by atoms with Gasteiger partial charge in [-0.1, -0.05) is 42.0 Å². The Hall–Kier alpha value is -2.39. The Morgan fingerprint density at radius 3 is 2.58 bits per heavy atom. The molecule has 3 heteroatoms. The van der Waals surface area contributed by atoms with Crippen molar-refractivity contribution >= 4 is 16.6 Å². The third-order valence-electron chi connectivity index (χ3n) is 4.71. The van der Waals surface area contributed by atoms with E-state index in [4.69, 9.17) is 9.72 Å². The van der Waals surface area contributed by atoms with Crippen LogP contribution in [0.25, 0.3) is 22.0 Å². The van der Waals surface area contributed by atoms with Gasteiger partial charge < -0.3 is 9.64 Å². The summed E-state index contributed by atoms with van der Waals surface area (Å²) in [7, 11) is 0. The lowest BCUT2D eigenvalue weighted by molar-refractivity contribution is 0.122. The van der Waals surface area contributed by atoms with Gasteiger partial charge in [-0.15, -0.1) is 0 Å². The van der Waals surface area contributed by atoms with Crippen molar-refractivity contribution in [3.63, 3.8) is 0 Å². The lowest BCUT2D eigenvalue weighted by atomic mass is 9.98. The summed E-state index contributed by atoms with van der Waals surface area (Å²) in [6.45, 7) is 7.64. The average molecular weight is 318 g/mol. The molecule has 1 saturated heterocycles. The van der Waals surface area contributed by atoms with Crippen LogP contribution in [0.2, 0.25) is 0 Å². The van der Waals surface area contributed by atoms with Crippen LogP contribution in [0.3, 0.4) is 0 Å². The number of fused-ring (bicyclic) bond motifs is 1. The molecule has 0 amide bonds. The Morgan fingerprint density at radius 1 is 0.958 bits per heavy atom. The third kappa shape index (κ3) is 2.76. The second kappa shape index (κ2) is 6.25. The number of pyridine rings is 1. The molecule has 1 aliphatic rings. The predicted octanol–water partition coefficient (Wildman–Crippen LogP) is 4.36. The normalized spacial score (nSPS) is 15.0. The van der Waals surface area contributed by atoms with E-state index in [0.29, 0.717) is 0 Å². The number of hydrogen-bond donors (Lipinski definition) is 0. The lowest BCUT2D eigenvalue weighted by Crippen LogP contribution is -2.36. The first-order valence-electron chi connectivity index (χ1n) is 8.52. The van der Waals surface area contributed by atoms with E-state index in [1.165, 1.54) is 27.5 Å². The molecule has 0 radical (unpaired) electrons. The third-order valence-corrected chi connectivity index (χ3v) is 4.71. The number of rotatable bonds is 2. The molecule has 1 fully saturated rings. The van der Waals surface area contributed by atoms with E-state index < -0.39 is 0 Å². The molecule has 0 saturated carbocycles. The van der Waals surface area contributed by atoms with Gasteiger partial charge in [0.15, 0.2) is 0 Å². The highest BCUT2D eigenvalue weighted by Gasteiger charge is 2.16. The van der Waals surface area contributed by atoms with Crippen LogP contribution in [0.1, 0.15) is 11.1 Å². The number of nitrogens with zero attached hydrogens (tertiary/aromatic N) is 2. The second-order valence-corrected chi connectivity index (χ2v) is 6.47. The Morgan fingerprint density at radius 2 is 1.75 bits per heavy atom. The van der Waals surface area contributed by atoms with Gasteiger partial charge in [-0.25, -0.2) is 4.98 Å². The van der Waals surface area contributed by atoms with Gasteiger partial charge >= 0.3 is 0 Å². The Balaban J connectivity index is 1.93.